The number of hydrogen-bond acceptors (Lipinski definition) is 4. The van der Waals surface area contributed by atoms with E-state index in [1.54, 1.807) is 18.2 Å². The summed E-state index contributed by atoms with van der Waals surface area (Å²) in [5, 5.41) is 3.17. The van der Waals surface area contributed by atoms with Crippen LogP contribution in [-0.2, 0) is 6.54 Å². The van der Waals surface area contributed by atoms with Crippen molar-refractivity contribution in [3.05, 3.63) is 46.9 Å². The summed E-state index contributed by atoms with van der Waals surface area (Å²) in [4.78, 5) is 7.65. The van der Waals surface area contributed by atoms with Gasteiger partial charge in [-0.05, 0) is 6.07 Å². The minimum Gasteiger partial charge on any atom is -0.368 e. The molecule has 3 N–H and O–H groups in total. The molecule has 0 fully saturated rings. The van der Waals surface area contributed by atoms with Crippen molar-refractivity contribution in [1.29, 1.82) is 0 Å². The second-order valence-corrected chi connectivity index (χ2v) is 3.77. The Morgan fingerprint density at radius 1 is 1.29 bits per heavy atom. The minimum absolute atomic E-state index is 0.0773. The lowest BCUT2D eigenvalue weighted by atomic mass is 10.2. The van der Waals surface area contributed by atoms with Gasteiger partial charge in [-0.3, -0.25) is 0 Å². The number of aromatic nitrogens is 2. The van der Waals surface area contributed by atoms with Crippen LogP contribution in [0.2, 0.25) is 5.15 Å². The fourth-order valence-corrected chi connectivity index (χ4v) is 1.54. The van der Waals surface area contributed by atoms with Crippen LogP contribution >= 0.6 is 11.6 Å². The van der Waals surface area contributed by atoms with Crippen LogP contribution in [0.1, 0.15) is 5.56 Å². The molecule has 88 valence electrons. The Labute approximate surface area is 103 Å². The molecule has 17 heavy (non-hydrogen) atoms. The van der Waals surface area contributed by atoms with Gasteiger partial charge in [0, 0.05) is 18.2 Å². The highest BCUT2D eigenvalue weighted by Crippen LogP contribution is 2.14. The van der Waals surface area contributed by atoms with Crippen LogP contribution in [0.5, 0.6) is 0 Å². The Morgan fingerprint density at radius 3 is 2.76 bits per heavy atom. The molecule has 0 atom stereocenters. The van der Waals surface area contributed by atoms with E-state index in [0.717, 1.165) is 0 Å². The third-order valence-corrected chi connectivity index (χ3v) is 2.32. The Kier molecular flexibility index (Phi) is 3.39. The molecule has 0 saturated carbocycles. The lowest BCUT2D eigenvalue weighted by molar-refractivity contribution is 0.613. The van der Waals surface area contributed by atoms with Gasteiger partial charge in [-0.1, -0.05) is 29.8 Å². The second-order valence-electron chi connectivity index (χ2n) is 3.38. The van der Waals surface area contributed by atoms with Crippen molar-refractivity contribution < 1.29 is 4.39 Å². The third-order valence-electron chi connectivity index (χ3n) is 2.13. The zero-order valence-electron chi connectivity index (χ0n) is 8.82. The van der Waals surface area contributed by atoms with Crippen LogP contribution in [0.3, 0.4) is 0 Å². The minimum atomic E-state index is -0.270. The third kappa shape index (κ3) is 3.04. The summed E-state index contributed by atoms with van der Waals surface area (Å²) >= 11 is 5.72. The quantitative estimate of drug-likeness (QED) is 0.824. The average molecular weight is 253 g/mol. The predicted molar refractivity (Wildman–Crippen MR) is 65.2 cm³/mol. The van der Waals surface area contributed by atoms with Crippen molar-refractivity contribution in [2.24, 2.45) is 0 Å². The van der Waals surface area contributed by atoms with E-state index in [2.05, 4.69) is 15.3 Å². The molecule has 0 aliphatic carbocycles. The fourth-order valence-electron chi connectivity index (χ4n) is 1.35. The van der Waals surface area contributed by atoms with Crippen LogP contribution in [0.25, 0.3) is 0 Å². The smallest absolute Gasteiger partial charge is 0.223 e. The largest absolute Gasteiger partial charge is 0.368 e. The number of hydrogen-bond donors (Lipinski definition) is 2. The van der Waals surface area contributed by atoms with Gasteiger partial charge in [-0.25, -0.2) is 9.37 Å². The average Bonchev–Trinajstić information content (AvgIpc) is 2.27. The zero-order valence-corrected chi connectivity index (χ0v) is 9.58. The Hall–Kier alpha value is -1.88. The van der Waals surface area contributed by atoms with Gasteiger partial charge in [0.25, 0.3) is 0 Å². The van der Waals surface area contributed by atoms with E-state index < -0.39 is 0 Å². The van der Waals surface area contributed by atoms with Crippen molar-refractivity contribution >= 4 is 23.4 Å². The number of halogens is 2. The van der Waals surface area contributed by atoms with E-state index in [0.29, 0.717) is 17.9 Å². The summed E-state index contributed by atoms with van der Waals surface area (Å²) in [5.74, 6) is 0.271. The van der Waals surface area contributed by atoms with Crippen molar-refractivity contribution in [2.75, 3.05) is 11.1 Å². The van der Waals surface area contributed by atoms with Crippen LogP contribution in [0, 0.1) is 5.82 Å². The van der Waals surface area contributed by atoms with Crippen LogP contribution in [-0.4, -0.2) is 9.97 Å². The fraction of sp³-hybridized carbons (Fsp3) is 0.0909. The maximum atomic E-state index is 13.3. The highest BCUT2D eigenvalue weighted by Gasteiger charge is 2.03. The van der Waals surface area contributed by atoms with Gasteiger partial charge in [0.1, 0.15) is 16.8 Å². The molecule has 0 bridgehead atoms. The van der Waals surface area contributed by atoms with Gasteiger partial charge in [-0.15, -0.1) is 0 Å². The molecular weight excluding hydrogens is 243 g/mol. The maximum absolute atomic E-state index is 13.3. The van der Waals surface area contributed by atoms with Gasteiger partial charge in [-0.2, -0.15) is 4.98 Å². The molecule has 0 aliphatic heterocycles. The van der Waals surface area contributed by atoms with Gasteiger partial charge >= 0.3 is 0 Å². The van der Waals surface area contributed by atoms with E-state index in [-0.39, 0.29) is 16.9 Å². The van der Waals surface area contributed by atoms with Gasteiger partial charge in [0.15, 0.2) is 0 Å². The molecule has 1 heterocycles. The molecule has 4 nitrogen and oxygen atoms in total. The summed E-state index contributed by atoms with van der Waals surface area (Å²) in [5.41, 5.74) is 5.98. The number of nitrogens with two attached hydrogens (primary N) is 1. The number of rotatable bonds is 3. The Bertz CT molecular complexity index is 512. The lowest BCUT2D eigenvalue weighted by Crippen LogP contribution is -2.05. The molecule has 0 amide bonds. The Morgan fingerprint density at radius 2 is 2.06 bits per heavy atom. The van der Waals surface area contributed by atoms with E-state index in [9.17, 15) is 4.39 Å². The van der Waals surface area contributed by atoms with Crippen molar-refractivity contribution in [1.82, 2.24) is 9.97 Å². The van der Waals surface area contributed by atoms with Crippen LogP contribution < -0.4 is 11.1 Å². The highest BCUT2D eigenvalue weighted by atomic mass is 35.5. The summed E-state index contributed by atoms with van der Waals surface area (Å²) in [6.45, 7) is 0.305. The number of benzene rings is 1. The van der Waals surface area contributed by atoms with Crippen LogP contribution in [0.4, 0.5) is 16.2 Å². The molecule has 0 unspecified atom stereocenters. The lowest BCUT2D eigenvalue weighted by Gasteiger charge is -2.07. The van der Waals surface area contributed by atoms with Crippen LogP contribution in [0.15, 0.2) is 30.3 Å². The summed E-state index contributed by atoms with van der Waals surface area (Å²) in [6.07, 6.45) is 0. The first-order valence-corrected chi connectivity index (χ1v) is 5.30. The summed E-state index contributed by atoms with van der Waals surface area (Å²) < 4.78 is 13.3. The maximum Gasteiger partial charge on any atom is 0.223 e. The summed E-state index contributed by atoms with van der Waals surface area (Å²) in [7, 11) is 0. The second kappa shape index (κ2) is 4.97. The number of nitrogens with one attached hydrogen (secondary N) is 1. The highest BCUT2D eigenvalue weighted by molar-refractivity contribution is 6.29. The number of anilines is 2. The van der Waals surface area contributed by atoms with E-state index in [1.807, 2.05) is 0 Å². The molecule has 0 radical (unpaired) electrons. The normalized spacial score (nSPS) is 10.2. The first-order chi connectivity index (χ1) is 8.15. The standard InChI is InChI=1S/C11H10ClFN4/c12-9-5-10(17-11(14)16-9)15-6-7-3-1-2-4-8(7)13/h1-5H,6H2,(H3,14,15,16,17). The first kappa shape index (κ1) is 11.6. The number of nitrogens with zero attached hydrogens (tertiary/aromatic N) is 2. The first-order valence-electron chi connectivity index (χ1n) is 4.92. The van der Waals surface area contributed by atoms with Gasteiger partial charge in [0.2, 0.25) is 5.95 Å². The number of nitrogen functional groups attached to an aromatic ring is 1. The van der Waals surface area contributed by atoms with Gasteiger partial charge < -0.3 is 11.1 Å². The Balaban J connectivity index is 2.10. The van der Waals surface area contributed by atoms with Crippen molar-refractivity contribution in [2.45, 2.75) is 6.54 Å². The topological polar surface area (TPSA) is 63.8 Å². The molecule has 1 aromatic heterocycles. The molecule has 0 saturated heterocycles. The van der Waals surface area contributed by atoms with Crippen molar-refractivity contribution in [3.8, 4) is 0 Å². The predicted octanol–water partition coefficient (Wildman–Crippen LogP) is 2.46. The zero-order chi connectivity index (χ0) is 12.3. The molecule has 0 aliphatic rings. The molecule has 2 aromatic rings. The van der Waals surface area contributed by atoms with Crippen molar-refractivity contribution in [3.63, 3.8) is 0 Å². The molecule has 1 aromatic carbocycles. The molecule has 6 heteroatoms. The monoisotopic (exact) mass is 252 g/mol. The SMILES string of the molecule is Nc1nc(Cl)cc(NCc2ccccc2F)n1. The van der Waals surface area contributed by atoms with E-state index in [4.69, 9.17) is 17.3 Å². The van der Waals surface area contributed by atoms with E-state index in [1.165, 1.54) is 12.1 Å². The van der Waals surface area contributed by atoms with E-state index >= 15 is 0 Å². The molecular formula is C11H10ClFN4. The molecule has 2 rings (SSSR count). The summed E-state index contributed by atoms with van der Waals surface area (Å²) in [6, 6.07) is 8.02. The van der Waals surface area contributed by atoms with Gasteiger partial charge in [0.05, 0.1) is 0 Å². The molecule has 0 spiro atoms.